The maximum Gasteiger partial charge on any atom is 0.414 e. The summed E-state index contributed by atoms with van der Waals surface area (Å²) < 4.78 is 5.68. The van der Waals surface area contributed by atoms with Gasteiger partial charge in [-0.15, -0.1) is 0 Å². The number of hydrogen-bond acceptors (Lipinski definition) is 3. The zero-order valence-electron chi connectivity index (χ0n) is 15.5. The number of ether oxygens (including phenoxy) is 1. The fourth-order valence-corrected chi connectivity index (χ4v) is 3.45. The van der Waals surface area contributed by atoms with E-state index >= 15 is 0 Å². The van der Waals surface area contributed by atoms with Crippen molar-refractivity contribution in [3.8, 4) is 11.1 Å². The molecule has 1 aliphatic heterocycles. The molecule has 0 saturated carbocycles. The lowest BCUT2D eigenvalue weighted by molar-refractivity contribution is 0.110. The van der Waals surface area contributed by atoms with Crippen molar-refractivity contribution in [3.05, 3.63) is 53.6 Å². The highest BCUT2D eigenvalue weighted by Gasteiger charge is 2.25. The molecule has 0 radical (unpaired) electrons. The van der Waals surface area contributed by atoms with Crippen LogP contribution in [0.15, 0.2) is 42.5 Å². The highest BCUT2D eigenvalue weighted by atomic mass is 16.6. The Labute approximate surface area is 150 Å². The first-order chi connectivity index (χ1) is 11.9. The van der Waals surface area contributed by atoms with E-state index in [4.69, 9.17) is 4.74 Å². The molecule has 0 aliphatic carbocycles. The van der Waals surface area contributed by atoms with E-state index in [-0.39, 0.29) is 12.2 Å². The largest absolute Gasteiger partial charge is 0.444 e. The topological polar surface area (TPSA) is 32.8 Å². The molecule has 2 aromatic carbocycles. The number of rotatable bonds is 3. The number of carbonyl (C=O) groups is 1. The molecule has 0 N–H and O–H groups in total. The second kappa shape index (κ2) is 7.28. The highest BCUT2D eigenvalue weighted by molar-refractivity contribution is 5.93. The second-order valence-electron chi connectivity index (χ2n) is 7.01. The third kappa shape index (κ3) is 4.02. The van der Waals surface area contributed by atoms with Gasteiger partial charge in [0.05, 0.1) is 5.69 Å². The van der Waals surface area contributed by atoms with Crippen molar-refractivity contribution in [2.24, 2.45) is 0 Å². The van der Waals surface area contributed by atoms with Crippen molar-refractivity contribution in [2.45, 2.75) is 26.4 Å². The molecular weight excluding hydrogens is 312 g/mol. The maximum atomic E-state index is 12.6. The maximum absolute atomic E-state index is 12.6. The fraction of sp³-hybridized carbons (Fsp3) is 0.381. The van der Waals surface area contributed by atoms with E-state index in [1.54, 1.807) is 11.9 Å². The Kier molecular flexibility index (Phi) is 5.09. The first kappa shape index (κ1) is 17.5. The van der Waals surface area contributed by atoms with Gasteiger partial charge < -0.3 is 9.64 Å². The Morgan fingerprint density at radius 2 is 1.84 bits per heavy atom. The molecule has 4 nitrogen and oxygen atoms in total. The average Bonchev–Trinajstić information content (AvgIpc) is 2.98. The lowest BCUT2D eigenvalue weighted by Crippen LogP contribution is -2.32. The molecule has 1 aliphatic rings. The van der Waals surface area contributed by atoms with Crippen LogP contribution in [-0.2, 0) is 4.74 Å². The number of para-hydroxylation sites is 1. The summed E-state index contributed by atoms with van der Waals surface area (Å²) in [5.74, 6) is 0. The third-order valence-corrected chi connectivity index (χ3v) is 4.69. The molecule has 1 fully saturated rings. The molecule has 25 heavy (non-hydrogen) atoms. The lowest BCUT2D eigenvalue weighted by atomic mass is 9.99. The van der Waals surface area contributed by atoms with Crippen LogP contribution in [0.1, 0.15) is 17.5 Å². The third-order valence-electron chi connectivity index (χ3n) is 4.69. The van der Waals surface area contributed by atoms with Crippen LogP contribution in [0.25, 0.3) is 11.1 Å². The van der Waals surface area contributed by atoms with Crippen molar-refractivity contribution in [3.63, 3.8) is 0 Å². The van der Waals surface area contributed by atoms with Gasteiger partial charge in [0.1, 0.15) is 6.10 Å². The molecule has 0 unspecified atom stereocenters. The summed E-state index contributed by atoms with van der Waals surface area (Å²) in [6.45, 7) is 5.96. The minimum absolute atomic E-state index is 0.0201. The number of likely N-dealkylation sites (N-methyl/N-ethyl adjacent to an activating group) is 1. The van der Waals surface area contributed by atoms with Crippen LogP contribution in [0.3, 0.4) is 0 Å². The van der Waals surface area contributed by atoms with Gasteiger partial charge in [-0.25, -0.2) is 4.79 Å². The number of nitrogens with zero attached hydrogens (tertiary/aromatic N) is 2. The second-order valence-corrected chi connectivity index (χ2v) is 7.01. The van der Waals surface area contributed by atoms with Crippen molar-refractivity contribution in [1.29, 1.82) is 0 Å². The van der Waals surface area contributed by atoms with E-state index in [1.165, 1.54) is 11.1 Å². The highest BCUT2D eigenvalue weighted by Crippen LogP contribution is 2.32. The number of benzene rings is 2. The van der Waals surface area contributed by atoms with Gasteiger partial charge in [-0.05, 0) is 38.9 Å². The summed E-state index contributed by atoms with van der Waals surface area (Å²) in [7, 11) is 3.83. The van der Waals surface area contributed by atoms with E-state index in [9.17, 15) is 4.79 Å². The molecule has 2 aromatic rings. The lowest BCUT2D eigenvalue weighted by Gasteiger charge is -2.23. The van der Waals surface area contributed by atoms with Crippen LogP contribution in [0.2, 0.25) is 0 Å². The van der Waals surface area contributed by atoms with E-state index in [0.29, 0.717) is 0 Å². The minimum atomic E-state index is -0.294. The van der Waals surface area contributed by atoms with Crippen LogP contribution >= 0.6 is 0 Å². The quantitative estimate of drug-likeness (QED) is 0.839. The Hall–Kier alpha value is -2.33. The summed E-state index contributed by atoms with van der Waals surface area (Å²) in [6.07, 6.45) is 0.583. The predicted octanol–water partition coefficient (Wildman–Crippen LogP) is 4.25. The van der Waals surface area contributed by atoms with Crippen molar-refractivity contribution >= 4 is 11.8 Å². The number of anilines is 1. The molecule has 1 heterocycles. The van der Waals surface area contributed by atoms with E-state index in [1.807, 2.05) is 25.2 Å². The predicted molar refractivity (Wildman–Crippen MR) is 102 cm³/mol. The molecule has 1 saturated heterocycles. The molecule has 3 rings (SSSR count). The van der Waals surface area contributed by atoms with E-state index < -0.39 is 0 Å². The minimum Gasteiger partial charge on any atom is -0.444 e. The van der Waals surface area contributed by atoms with Crippen LogP contribution in [0.4, 0.5) is 10.5 Å². The zero-order valence-corrected chi connectivity index (χ0v) is 15.5. The molecular formula is C21H26N2O2. The van der Waals surface area contributed by atoms with E-state index in [2.05, 4.69) is 43.0 Å². The summed E-state index contributed by atoms with van der Waals surface area (Å²) in [5.41, 5.74) is 5.45. The standard InChI is InChI=1S/C21H26N2O2/c1-15-11-16(2)13-17(12-15)19-7-5-6-8-20(19)23(4)21(24)25-18-9-10-22(3)14-18/h5-8,11-13,18H,9-10,14H2,1-4H3/t18-/m1/s1. The summed E-state index contributed by atoms with van der Waals surface area (Å²) in [5, 5.41) is 0. The molecule has 4 heteroatoms. The number of likely N-dealkylation sites (tertiary alicyclic amines) is 1. The molecule has 132 valence electrons. The summed E-state index contributed by atoms with van der Waals surface area (Å²) in [4.78, 5) is 16.4. The number of carbonyl (C=O) groups excluding carboxylic acids is 1. The van der Waals surface area contributed by atoms with Crippen molar-refractivity contribution < 1.29 is 9.53 Å². The molecule has 1 amide bonds. The van der Waals surface area contributed by atoms with Gasteiger partial charge in [0.2, 0.25) is 0 Å². The van der Waals surface area contributed by atoms with Gasteiger partial charge in [0.25, 0.3) is 0 Å². The first-order valence-corrected chi connectivity index (χ1v) is 8.74. The van der Waals surface area contributed by atoms with Gasteiger partial charge in [-0.3, -0.25) is 4.90 Å². The smallest absolute Gasteiger partial charge is 0.414 e. The fourth-order valence-electron chi connectivity index (χ4n) is 3.45. The zero-order chi connectivity index (χ0) is 18.0. The van der Waals surface area contributed by atoms with Gasteiger partial charge in [-0.2, -0.15) is 0 Å². The SMILES string of the molecule is Cc1cc(C)cc(-c2ccccc2N(C)C(=O)O[C@@H]2CCN(C)C2)c1. The summed E-state index contributed by atoms with van der Waals surface area (Å²) in [6, 6.07) is 14.4. The normalized spacial score (nSPS) is 17.5. The molecule has 0 bridgehead atoms. The van der Waals surface area contributed by atoms with Crippen LogP contribution < -0.4 is 4.90 Å². The Morgan fingerprint density at radius 1 is 1.16 bits per heavy atom. The van der Waals surface area contributed by atoms with Crippen molar-refractivity contribution in [2.75, 3.05) is 32.1 Å². The number of amides is 1. The van der Waals surface area contributed by atoms with Gasteiger partial charge in [0, 0.05) is 25.7 Å². The number of hydrogen-bond donors (Lipinski definition) is 0. The van der Waals surface area contributed by atoms with Gasteiger partial charge >= 0.3 is 6.09 Å². The average molecular weight is 338 g/mol. The van der Waals surface area contributed by atoms with E-state index in [0.717, 1.165) is 36.3 Å². The monoisotopic (exact) mass is 338 g/mol. The van der Waals surface area contributed by atoms with Crippen LogP contribution in [-0.4, -0.2) is 44.3 Å². The Bertz CT molecular complexity index is 752. The number of aryl methyl sites for hydroxylation is 2. The Morgan fingerprint density at radius 3 is 2.48 bits per heavy atom. The van der Waals surface area contributed by atoms with Gasteiger partial charge in [0.15, 0.2) is 0 Å². The summed E-state index contributed by atoms with van der Waals surface area (Å²) >= 11 is 0. The van der Waals surface area contributed by atoms with Crippen LogP contribution in [0.5, 0.6) is 0 Å². The van der Waals surface area contributed by atoms with Crippen LogP contribution in [0, 0.1) is 13.8 Å². The first-order valence-electron chi connectivity index (χ1n) is 8.74. The van der Waals surface area contributed by atoms with Gasteiger partial charge in [-0.1, -0.05) is 47.5 Å². The molecule has 1 atom stereocenters. The molecule has 0 aromatic heterocycles. The molecule has 0 spiro atoms. The van der Waals surface area contributed by atoms with Crippen molar-refractivity contribution in [1.82, 2.24) is 4.90 Å². The Balaban J connectivity index is 1.85.